The van der Waals surface area contributed by atoms with Gasteiger partial charge in [0.2, 0.25) is 0 Å². The van der Waals surface area contributed by atoms with Gasteiger partial charge in [-0.15, -0.1) is 0 Å². The van der Waals surface area contributed by atoms with Gasteiger partial charge < -0.3 is 4.74 Å². The summed E-state index contributed by atoms with van der Waals surface area (Å²) in [6.07, 6.45) is 1.63. The first-order valence-electron chi connectivity index (χ1n) is 5.40. The van der Waals surface area contributed by atoms with Gasteiger partial charge in [0.25, 0.3) is 5.91 Å². The number of hydrogen-bond acceptors (Lipinski definition) is 4. The molecular formula is C13H9NO3S. The van der Waals surface area contributed by atoms with E-state index in [0.717, 1.165) is 10.1 Å². The largest absolute Gasteiger partial charge is 0.465 e. The molecule has 2 aliphatic rings. The highest BCUT2D eigenvalue weighted by molar-refractivity contribution is 8.12. The van der Waals surface area contributed by atoms with Gasteiger partial charge in [-0.1, -0.05) is 30.0 Å². The van der Waals surface area contributed by atoms with Gasteiger partial charge in [-0.3, -0.25) is 4.79 Å². The van der Waals surface area contributed by atoms with E-state index >= 15 is 0 Å². The van der Waals surface area contributed by atoms with Crippen LogP contribution in [0.1, 0.15) is 0 Å². The average Bonchev–Trinajstić information content (AvgIpc) is 2.84. The predicted octanol–water partition coefficient (Wildman–Crippen LogP) is 0.374. The van der Waals surface area contributed by atoms with Crippen LogP contribution < -0.4 is 10.6 Å². The van der Waals surface area contributed by atoms with Gasteiger partial charge in [0, 0.05) is 10.1 Å². The van der Waals surface area contributed by atoms with Crippen molar-refractivity contribution in [2.75, 3.05) is 7.11 Å². The van der Waals surface area contributed by atoms with Gasteiger partial charge in [0.05, 0.1) is 23.3 Å². The second-order valence-corrected chi connectivity index (χ2v) is 5.02. The predicted molar refractivity (Wildman–Crippen MR) is 66.8 cm³/mol. The number of carbonyl (C=O) groups excluding carboxylic acids is 2. The number of thioether (sulfide) groups is 1. The Morgan fingerprint density at radius 1 is 1.39 bits per heavy atom. The molecule has 0 N–H and O–H groups in total. The van der Waals surface area contributed by atoms with E-state index in [0.29, 0.717) is 10.3 Å². The summed E-state index contributed by atoms with van der Waals surface area (Å²) in [5.41, 5.74) is 0. The standard InChI is InChI=1S/C13H9NO3S/c1-17-13(16)10-6-8-11(18-10)7-4-2-3-5-9(7)14-12(8)15/h2-6,8H,1H3. The van der Waals surface area contributed by atoms with Crippen LogP contribution in [0.2, 0.25) is 0 Å². The number of benzene rings is 1. The zero-order valence-electron chi connectivity index (χ0n) is 9.54. The second kappa shape index (κ2) is 4.10. The summed E-state index contributed by atoms with van der Waals surface area (Å²) in [5.74, 6) is -1.07. The van der Waals surface area contributed by atoms with Crippen molar-refractivity contribution < 1.29 is 14.3 Å². The lowest BCUT2D eigenvalue weighted by molar-refractivity contribution is -0.135. The summed E-state index contributed by atoms with van der Waals surface area (Å²) in [5, 5.41) is 1.59. The lowest BCUT2D eigenvalue weighted by atomic mass is 10.0. The van der Waals surface area contributed by atoms with E-state index in [9.17, 15) is 9.59 Å². The number of rotatable bonds is 1. The summed E-state index contributed by atoms with van der Waals surface area (Å²) >= 11 is 1.30. The maximum atomic E-state index is 11.9. The van der Waals surface area contributed by atoms with Gasteiger partial charge in [0.1, 0.15) is 0 Å². The lowest BCUT2D eigenvalue weighted by Crippen LogP contribution is -2.34. The quantitative estimate of drug-likeness (QED) is 0.684. The molecular weight excluding hydrogens is 250 g/mol. The summed E-state index contributed by atoms with van der Waals surface area (Å²) in [4.78, 5) is 28.8. The zero-order chi connectivity index (χ0) is 12.7. The zero-order valence-corrected chi connectivity index (χ0v) is 10.4. The van der Waals surface area contributed by atoms with Crippen LogP contribution in [-0.2, 0) is 14.3 Å². The van der Waals surface area contributed by atoms with Crippen LogP contribution in [0, 0.1) is 5.92 Å². The van der Waals surface area contributed by atoms with E-state index in [-0.39, 0.29) is 5.91 Å². The van der Waals surface area contributed by atoms with Crippen LogP contribution in [0.4, 0.5) is 0 Å². The third-order valence-electron chi connectivity index (χ3n) is 2.87. The molecule has 0 radical (unpaired) electrons. The molecule has 1 aromatic carbocycles. The van der Waals surface area contributed by atoms with Gasteiger partial charge in [-0.2, -0.15) is 0 Å². The minimum Gasteiger partial charge on any atom is -0.465 e. The lowest BCUT2D eigenvalue weighted by Gasteiger charge is -2.10. The number of esters is 1. The molecule has 90 valence electrons. The molecule has 0 saturated carbocycles. The van der Waals surface area contributed by atoms with E-state index in [1.807, 2.05) is 18.2 Å². The molecule has 0 aliphatic carbocycles. The van der Waals surface area contributed by atoms with E-state index in [2.05, 4.69) is 9.73 Å². The van der Waals surface area contributed by atoms with Gasteiger partial charge >= 0.3 is 5.97 Å². The molecule has 0 aromatic heterocycles. The first-order chi connectivity index (χ1) is 8.70. The Labute approximate surface area is 107 Å². The minimum atomic E-state index is -0.431. The molecule has 1 aromatic rings. The molecule has 0 bridgehead atoms. The number of ether oxygens (including phenoxy) is 1. The Morgan fingerprint density at radius 3 is 2.94 bits per heavy atom. The molecule has 1 amide bonds. The summed E-state index contributed by atoms with van der Waals surface area (Å²) in [7, 11) is 1.33. The molecule has 0 spiro atoms. The van der Waals surface area contributed by atoms with Crippen LogP contribution in [-0.4, -0.2) is 19.0 Å². The monoisotopic (exact) mass is 259 g/mol. The second-order valence-electron chi connectivity index (χ2n) is 3.93. The Bertz CT molecular complexity index is 705. The van der Waals surface area contributed by atoms with E-state index in [1.165, 1.54) is 18.9 Å². The normalized spacial score (nSPS) is 20.7. The molecule has 0 saturated heterocycles. The summed E-state index contributed by atoms with van der Waals surface area (Å²) in [6, 6.07) is 7.44. The highest BCUT2D eigenvalue weighted by Gasteiger charge is 2.34. The van der Waals surface area contributed by atoms with Crippen molar-refractivity contribution in [3.05, 3.63) is 45.8 Å². The minimum absolute atomic E-state index is 0.227. The Balaban J connectivity index is 2.19. The smallest absolute Gasteiger partial charge is 0.344 e. The number of nitrogens with zero attached hydrogens (tertiary/aromatic N) is 1. The SMILES string of the molecule is COC(=O)C1=CC2C(=O)N=c3ccccc3=C2S1. The summed E-state index contributed by atoms with van der Waals surface area (Å²) in [6.45, 7) is 0. The van der Waals surface area contributed by atoms with Crippen molar-refractivity contribution in [3.8, 4) is 0 Å². The molecule has 0 fully saturated rings. The summed E-state index contributed by atoms with van der Waals surface area (Å²) < 4.78 is 4.68. The van der Waals surface area contributed by atoms with Gasteiger partial charge in [-0.25, -0.2) is 9.79 Å². The van der Waals surface area contributed by atoms with E-state index < -0.39 is 11.9 Å². The van der Waals surface area contributed by atoms with Gasteiger partial charge in [-0.05, 0) is 12.1 Å². The Hall–Kier alpha value is -1.88. The van der Waals surface area contributed by atoms with Crippen LogP contribution in [0.5, 0.6) is 0 Å². The van der Waals surface area contributed by atoms with Crippen molar-refractivity contribution in [1.82, 2.24) is 0 Å². The van der Waals surface area contributed by atoms with Crippen molar-refractivity contribution in [2.45, 2.75) is 0 Å². The Kier molecular flexibility index (Phi) is 2.56. The van der Waals surface area contributed by atoms with Crippen molar-refractivity contribution in [2.24, 2.45) is 10.9 Å². The molecule has 1 unspecified atom stereocenters. The van der Waals surface area contributed by atoms with E-state index in [4.69, 9.17) is 0 Å². The molecule has 3 rings (SSSR count). The molecule has 4 nitrogen and oxygen atoms in total. The number of fused-ring (bicyclic) bond motifs is 2. The number of carbonyl (C=O) groups is 2. The fourth-order valence-electron chi connectivity index (χ4n) is 2.03. The molecule has 1 atom stereocenters. The van der Waals surface area contributed by atoms with Crippen molar-refractivity contribution in [1.29, 1.82) is 0 Å². The molecule has 5 heteroatoms. The third kappa shape index (κ3) is 1.59. The maximum Gasteiger partial charge on any atom is 0.344 e. The van der Waals surface area contributed by atoms with Crippen LogP contribution in [0.3, 0.4) is 0 Å². The number of hydrogen-bond donors (Lipinski definition) is 0. The molecule has 2 heterocycles. The van der Waals surface area contributed by atoms with Crippen molar-refractivity contribution >= 4 is 28.5 Å². The van der Waals surface area contributed by atoms with E-state index in [1.54, 1.807) is 12.1 Å². The topological polar surface area (TPSA) is 55.7 Å². The highest BCUT2D eigenvalue weighted by atomic mass is 32.2. The number of amides is 1. The van der Waals surface area contributed by atoms with Gasteiger partial charge in [0.15, 0.2) is 0 Å². The first kappa shape index (κ1) is 11.2. The average molecular weight is 259 g/mol. The highest BCUT2D eigenvalue weighted by Crippen LogP contribution is 2.42. The van der Waals surface area contributed by atoms with Crippen molar-refractivity contribution in [3.63, 3.8) is 0 Å². The van der Waals surface area contributed by atoms with Crippen LogP contribution in [0.25, 0.3) is 4.91 Å². The third-order valence-corrected chi connectivity index (χ3v) is 4.09. The fraction of sp³-hybridized carbons (Fsp3) is 0.154. The van der Waals surface area contributed by atoms with Crippen LogP contribution in [0.15, 0.2) is 40.2 Å². The fourth-order valence-corrected chi connectivity index (χ4v) is 3.21. The Morgan fingerprint density at radius 2 is 2.17 bits per heavy atom. The first-order valence-corrected chi connectivity index (χ1v) is 6.22. The van der Waals surface area contributed by atoms with Crippen LogP contribution >= 0.6 is 11.8 Å². The number of para-hydroxylation sites is 1. The number of methoxy groups -OCH3 is 1. The molecule has 18 heavy (non-hydrogen) atoms. The molecule has 2 aliphatic heterocycles. The maximum absolute atomic E-state index is 11.9.